The van der Waals surface area contributed by atoms with Crippen LogP contribution in [0.4, 0.5) is 4.79 Å². The number of hydrogen-bond acceptors (Lipinski definition) is 7. The Bertz CT molecular complexity index is 856. The van der Waals surface area contributed by atoms with Gasteiger partial charge in [-0.3, -0.25) is 0 Å². The zero-order valence-corrected chi connectivity index (χ0v) is 16.7. The molecule has 0 aromatic heterocycles. The van der Waals surface area contributed by atoms with Crippen molar-refractivity contribution >= 4 is 12.1 Å². The smallest absolute Gasteiger partial charge is 0.408 e. The van der Waals surface area contributed by atoms with Gasteiger partial charge in [-0.05, 0) is 30.2 Å². The number of carbonyl (C=O) groups is 2. The Morgan fingerprint density at radius 3 is 2.67 bits per heavy atom. The van der Waals surface area contributed by atoms with Crippen LogP contribution in [0, 0.1) is 0 Å². The number of aliphatic hydroxyl groups is 1. The van der Waals surface area contributed by atoms with E-state index in [2.05, 4.69) is 5.32 Å². The van der Waals surface area contributed by atoms with Crippen LogP contribution < -0.4 is 14.8 Å². The van der Waals surface area contributed by atoms with Crippen molar-refractivity contribution in [3.8, 4) is 11.5 Å². The maximum atomic E-state index is 12.4. The fourth-order valence-electron chi connectivity index (χ4n) is 2.95. The van der Waals surface area contributed by atoms with Crippen LogP contribution in [-0.2, 0) is 27.3 Å². The summed E-state index contributed by atoms with van der Waals surface area (Å²) in [7, 11) is 0. The highest BCUT2D eigenvalue weighted by Crippen LogP contribution is 2.32. The molecule has 2 aromatic carbocycles. The van der Waals surface area contributed by atoms with Gasteiger partial charge in [-0.25, -0.2) is 9.59 Å². The van der Waals surface area contributed by atoms with E-state index in [9.17, 15) is 14.7 Å². The topological polar surface area (TPSA) is 103 Å². The summed E-state index contributed by atoms with van der Waals surface area (Å²) in [5, 5.41) is 11.8. The highest BCUT2D eigenvalue weighted by molar-refractivity contribution is 5.81. The largest absolute Gasteiger partial charge is 0.486 e. The van der Waals surface area contributed by atoms with Gasteiger partial charge in [0, 0.05) is 6.42 Å². The lowest BCUT2D eigenvalue weighted by molar-refractivity contribution is -0.145. The molecule has 30 heavy (non-hydrogen) atoms. The number of carbonyl (C=O) groups excluding carboxylic acids is 2. The molecule has 8 nitrogen and oxygen atoms in total. The molecular formula is C22H25NO7. The molecule has 0 aliphatic carbocycles. The van der Waals surface area contributed by atoms with E-state index in [1.807, 2.05) is 30.3 Å². The Morgan fingerprint density at radius 2 is 1.93 bits per heavy atom. The molecule has 3 rings (SSSR count). The van der Waals surface area contributed by atoms with E-state index in [-0.39, 0.29) is 32.8 Å². The summed E-state index contributed by atoms with van der Waals surface area (Å²) in [5.74, 6) is 0.489. The molecule has 0 fully saturated rings. The van der Waals surface area contributed by atoms with Gasteiger partial charge in [0.05, 0.1) is 13.2 Å². The molecule has 0 radical (unpaired) electrons. The van der Waals surface area contributed by atoms with Crippen LogP contribution in [0.2, 0.25) is 0 Å². The summed E-state index contributed by atoms with van der Waals surface area (Å²) in [5.41, 5.74) is 1.59. The minimum atomic E-state index is -0.916. The first-order chi connectivity index (χ1) is 14.6. The number of fused-ring (bicyclic) bond motifs is 1. The summed E-state index contributed by atoms with van der Waals surface area (Å²) in [6, 6.07) is 13.6. The van der Waals surface area contributed by atoms with Gasteiger partial charge in [-0.2, -0.15) is 0 Å². The molecule has 0 spiro atoms. The first-order valence-electron chi connectivity index (χ1n) is 9.76. The van der Waals surface area contributed by atoms with E-state index >= 15 is 0 Å². The molecular weight excluding hydrogens is 390 g/mol. The fourth-order valence-corrected chi connectivity index (χ4v) is 2.95. The third-order valence-corrected chi connectivity index (χ3v) is 4.45. The maximum absolute atomic E-state index is 12.4. The third kappa shape index (κ3) is 5.87. The number of rotatable bonds is 8. The SMILES string of the molecule is CCOC(=O)[C@H](Cc1ccc2c(c1)OC[C@H](CO)O2)NC(=O)OCc1ccccc1. The van der Waals surface area contributed by atoms with Gasteiger partial charge in [0.25, 0.3) is 0 Å². The van der Waals surface area contributed by atoms with Gasteiger partial charge in [-0.15, -0.1) is 0 Å². The molecule has 8 heteroatoms. The minimum Gasteiger partial charge on any atom is -0.486 e. The molecule has 1 amide bonds. The van der Waals surface area contributed by atoms with Crippen LogP contribution in [0.15, 0.2) is 48.5 Å². The van der Waals surface area contributed by atoms with Crippen LogP contribution >= 0.6 is 0 Å². The van der Waals surface area contributed by atoms with Crippen LogP contribution in [0.25, 0.3) is 0 Å². The Labute approximate surface area is 174 Å². The Morgan fingerprint density at radius 1 is 1.13 bits per heavy atom. The molecule has 1 aliphatic heterocycles. The van der Waals surface area contributed by atoms with E-state index in [0.717, 1.165) is 11.1 Å². The quantitative estimate of drug-likeness (QED) is 0.637. The van der Waals surface area contributed by atoms with E-state index in [0.29, 0.717) is 11.5 Å². The lowest BCUT2D eigenvalue weighted by atomic mass is 10.0. The van der Waals surface area contributed by atoms with Gasteiger partial charge in [-0.1, -0.05) is 36.4 Å². The van der Waals surface area contributed by atoms with E-state index < -0.39 is 24.2 Å². The van der Waals surface area contributed by atoms with Crippen LogP contribution in [-0.4, -0.2) is 49.1 Å². The standard InChI is InChI=1S/C22H25NO7/c1-2-27-21(25)18(23-22(26)29-13-15-6-4-3-5-7-15)10-16-8-9-19-20(11-16)28-14-17(12-24)30-19/h3-9,11,17-18,24H,2,10,12-14H2,1H3,(H,23,26)/t17-,18-/m0/s1. The van der Waals surface area contributed by atoms with E-state index in [4.69, 9.17) is 18.9 Å². The second kappa shape index (κ2) is 10.5. The maximum Gasteiger partial charge on any atom is 0.408 e. The Kier molecular flexibility index (Phi) is 7.51. The van der Waals surface area contributed by atoms with Crippen LogP contribution in [0.3, 0.4) is 0 Å². The van der Waals surface area contributed by atoms with Crippen LogP contribution in [0.1, 0.15) is 18.1 Å². The second-order valence-corrected chi connectivity index (χ2v) is 6.73. The number of nitrogens with one attached hydrogen (secondary N) is 1. The third-order valence-electron chi connectivity index (χ3n) is 4.45. The number of benzene rings is 2. The summed E-state index contributed by atoms with van der Waals surface area (Å²) < 4.78 is 21.5. The first kappa shape index (κ1) is 21.4. The van der Waals surface area contributed by atoms with Gasteiger partial charge in [0.2, 0.25) is 0 Å². The summed E-state index contributed by atoms with van der Waals surface area (Å²) in [6.45, 7) is 2.09. The predicted molar refractivity (Wildman–Crippen MR) is 107 cm³/mol. The highest BCUT2D eigenvalue weighted by Gasteiger charge is 2.25. The summed E-state index contributed by atoms with van der Waals surface area (Å²) in [4.78, 5) is 24.6. The minimum absolute atomic E-state index is 0.0955. The van der Waals surface area contributed by atoms with Gasteiger partial charge >= 0.3 is 12.1 Å². The number of amides is 1. The van der Waals surface area contributed by atoms with Crippen molar-refractivity contribution in [3.05, 3.63) is 59.7 Å². The predicted octanol–water partition coefficient (Wildman–Crippen LogP) is 2.22. The molecule has 160 valence electrons. The number of alkyl carbamates (subject to hydrolysis) is 1. The monoisotopic (exact) mass is 415 g/mol. The van der Waals surface area contributed by atoms with Crippen molar-refractivity contribution < 1.29 is 33.6 Å². The molecule has 0 saturated carbocycles. The average molecular weight is 415 g/mol. The summed E-state index contributed by atoms with van der Waals surface area (Å²) >= 11 is 0. The molecule has 0 bridgehead atoms. The first-order valence-corrected chi connectivity index (χ1v) is 9.76. The van der Waals surface area contributed by atoms with Crippen molar-refractivity contribution in [2.75, 3.05) is 19.8 Å². The average Bonchev–Trinajstić information content (AvgIpc) is 2.77. The normalized spacial score (nSPS) is 15.7. The molecule has 0 unspecified atom stereocenters. The molecule has 0 saturated heterocycles. The number of esters is 1. The number of hydrogen-bond donors (Lipinski definition) is 2. The number of aliphatic hydroxyl groups excluding tert-OH is 1. The zero-order valence-electron chi connectivity index (χ0n) is 16.7. The molecule has 1 heterocycles. The van der Waals surface area contributed by atoms with Gasteiger partial charge < -0.3 is 29.4 Å². The molecule has 2 atom stereocenters. The number of ether oxygens (including phenoxy) is 4. The van der Waals surface area contributed by atoms with Crippen molar-refractivity contribution in [3.63, 3.8) is 0 Å². The lowest BCUT2D eigenvalue weighted by Gasteiger charge is -2.26. The molecule has 2 N–H and O–H groups in total. The Hall–Kier alpha value is -3.26. The van der Waals surface area contributed by atoms with Gasteiger partial charge in [0.1, 0.15) is 19.3 Å². The molecule has 2 aromatic rings. The Balaban J connectivity index is 1.63. The van der Waals surface area contributed by atoms with Crippen molar-refractivity contribution in [1.82, 2.24) is 5.32 Å². The van der Waals surface area contributed by atoms with Crippen molar-refractivity contribution in [1.29, 1.82) is 0 Å². The van der Waals surface area contributed by atoms with E-state index in [1.54, 1.807) is 25.1 Å². The van der Waals surface area contributed by atoms with Gasteiger partial charge in [0.15, 0.2) is 17.6 Å². The lowest BCUT2D eigenvalue weighted by Crippen LogP contribution is -2.43. The van der Waals surface area contributed by atoms with Crippen LogP contribution in [0.5, 0.6) is 11.5 Å². The highest BCUT2D eigenvalue weighted by atomic mass is 16.6. The second-order valence-electron chi connectivity index (χ2n) is 6.73. The van der Waals surface area contributed by atoms with Crippen molar-refractivity contribution in [2.24, 2.45) is 0 Å². The molecule has 1 aliphatic rings. The fraction of sp³-hybridized carbons (Fsp3) is 0.364. The summed E-state index contributed by atoms with van der Waals surface area (Å²) in [6.07, 6.45) is -0.920. The zero-order chi connectivity index (χ0) is 21.3. The van der Waals surface area contributed by atoms with E-state index in [1.165, 1.54) is 0 Å². The van der Waals surface area contributed by atoms with Crippen molar-refractivity contribution in [2.45, 2.75) is 32.1 Å².